The predicted octanol–water partition coefficient (Wildman–Crippen LogP) is 2.60. The predicted molar refractivity (Wildman–Crippen MR) is 109 cm³/mol. The van der Waals surface area contributed by atoms with Crippen molar-refractivity contribution in [2.45, 2.75) is 13.5 Å². The quantitative estimate of drug-likeness (QED) is 0.844. The molecule has 0 bridgehead atoms. The Labute approximate surface area is 162 Å². The van der Waals surface area contributed by atoms with E-state index in [1.807, 2.05) is 0 Å². The summed E-state index contributed by atoms with van der Waals surface area (Å²) in [4.78, 5) is 26.2. The zero-order valence-corrected chi connectivity index (χ0v) is 16.4. The summed E-state index contributed by atoms with van der Waals surface area (Å²) in [6.45, 7) is 8.04. The molecule has 0 spiro atoms. The first-order chi connectivity index (χ1) is 13.0. The summed E-state index contributed by atoms with van der Waals surface area (Å²) in [5.41, 5.74) is 3.91. The molecule has 1 N–H and O–H groups in total. The average molecular weight is 367 g/mol. The Bertz CT molecular complexity index is 718. The largest absolute Gasteiger partial charge is 0.355 e. The fourth-order valence-electron chi connectivity index (χ4n) is 2.82. The maximum Gasteiger partial charge on any atom is 0.251 e. The second kappa shape index (κ2) is 10.6. The summed E-state index contributed by atoms with van der Waals surface area (Å²) in [5, 5.41) is 2.49. The Balaban J connectivity index is 0.000000199. The highest BCUT2D eigenvalue weighted by molar-refractivity contribution is 5.94. The second-order valence-electron chi connectivity index (χ2n) is 6.88. The molecule has 0 aromatic heterocycles. The van der Waals surface area contributed by atoms with Crippen molar-refractivity contribution in [1.29, 1.82) is 0 Å². The molecular formula is C22H29N3O2. The van der Waals surface area contributed by atoms with E-state index >= 15 is 0 Å². The van der Waals surface area contributed by atoms with E-state index in [1.54, 1.807) is 31.3 Å². The molecule has 27 heavy (non-hydrogen) atoms. The van der Waals surface area contributed by atoms with Crippen molar-refractivity contribution in [2.24, 2.45) is 0 Å². The number of aryl methyl sites for hydroxylation is 1. The minimum atomic E-state index is -0.146. The lowest BCUT2D eigenvalue weighted by Gasteiger charge is -2.32. The number of benzene rings is 2. The maximum absolute atomic E-state index is 11.0. The molecule has 0 radical (unpaired) electrons. The molecule has 144 valence electrons. The number of nitrogens with zero attached hydrogens (tertiary/aromatic N) is 2. The van der Waals surface area contributed by atoms with Crippen LogP contribution in [0.1, 0.15) is 31.8 Å². The normalized spacial score (nSPS) is 14.8. The number of amides is 1. The van der Waals surface area contributed by atoms with Gasteiger partial charge in [0.25, 0.3) is 5.91 Å². The monoisotopic (exact) mass is 367 g/mol. The third kappa shape index (κ3) is 6.96. The third-order valence-corrected chi connectivity index (χ3v) is 4.66. The van der Waals surface area contributed by atoms with Gasteiger partial charge in [0, 0.05) is 50.9 Å². The van der Waals surface area contributed by atoms with Crippen molar-refractivity contribution in [2.75, 3.05) is 40.3 Å². The van der Waals surface area contributed by atoms with E-state index in [0.717, 1.165) is 12.8 Å². The summed E-state index contributed by atoms with van der Waals surface area (Å²) in [7, 11) is 3.76. The van der Waals surface area contributed by atoms with Gasteiger partial charge in [0.15, 0.2) is 0 Å². The van der Waals surface area contributed by atoms with E-state index in [0.29, 0.717) is 11.1 Å². The summed E-state index contributed by atoms with van der Waals surface area (Å²) >= 11 is 0. The Morgan fingerprint density at radius 1 is 1.00 bits per heavy atom. The van der Waals surface area contributed by atoms with Crippen LogP contribution in [0.25, 0.3) is 0 Å². The lowest BCUT2D eigenvalue weighted by Crippen LogP contribution is -2.43. The van der Waals surface area contributed by atoms with Gasteiger partial charge < -0.3 is 10.2 Å². The van der Waals surface area contributed by atoms with Gasteiger partial charge in [-0.05, 0) is 31.7 Å². The number of rotatable bonds is 4. The van der Waals surface area contributed by atoms with Crippen LogP contribution >= 0.6 is 0 Å². The molecule has 5 heteroatoms. The van der Waals surface area contributed by atoms with Gasteiger partial charge in [-0.1, -0.05) is 42.0 Å². The van der Waals surface area contributed by atoms with Gasteiger partial charge in [-0.25, -0.2) is 0 Å². The zero-order chi connectivity index (χ0) is 19.6. The van der Waals surface area contributed by atoms with Gasteiger partial charge in [0.1, 0.15) is 6.29 Å². The van der Waals surface area contributed by atoms with E-state index in [-0.39, 0.29) is 5.91 Å². The Kier molecular flexibility index (Phi) is 8.17. The van der Waals surface area contributed by atoms with Crippen LogP contribution in [-0.2, 0) is 6.54 Å². The molecule has 1 aliphatic rings. The minimum Gasteiger partial charge on any atom is -0.355 e. The van der Waals surface area contributed by atoms with Crippen LogP contribution < -0.4 is 5.32 Å². The van der Waals surface area contributed by atoms with Crippen molar-refractivity contribution in [3.63, 3.8) is 0 Å². The van der Waals surface area contributed by atoms with Gasteiger partial charge >= 0.3 is 0 Å². The number of hydrogen-bond donors (Lipinski definition) is 1. The Morgan fingerprint density at radius 2 is 1.59 bits per heavy atom. The van der Waals surface area contributed by atoms with Crippen LogP contribution in [0.2, 0.25) is 0 Å². The van der Waals surface area contributed by atoms with Gasteiger partial charge in [-0.3, -0.25) is 14.5 Å². The molecule has 1 heterocycles. The Morgan fingerprint density at radius 3 is 2.11 bits per heavy atom. The van der Waals surface area contributed by atoms with E-state index in [2.05, 4.69) is 53.4 Å². The highest BCUT2D eigenvalue weighted by Crippen LogP contribution is 2.09. The standard InChI is InChI=1S/C13H20N2.C9H9NO2/c1-12-3-5-13(6-4-12)11-15-9-7-14(2)8-10-15;1-10-9(12)8-4-2-7(6-11)3-5-8/h3-6H,7-11H2,1-2H3;2-6H,1H3,(H,10,12). The van der Waals surface area contributed by atoms with Gasteiger partial charge in [0.05, 0.1) is 0 Å². The first-order valence-electron chi connectivity index (χ1n) is 9.25. The van der Waals surface area contributed by atoms with E-state index in [9.17, 15) is 9.59 Å². The number of hydrogen-bond acceptors (Lipinski definition) is 4. The van der Waals surface area contributed by atoms with Gasteiger partial charge in [-0.15, -0.1) is 0 Å². The molecule has 1 amide bonds. The fourth-order valence-corrected chi connectivity index (χ4v) is 2.82. The molecule has 1 fully saturated rings. The highest BCUT2D eigenvalue weighted by atomic mass is 16.1. The molecular weight excluding hydrogens is 338 g/mol. The molecule has 1 aliphatic heterocycles. The maximum atomic E-state index is 11.0. The Hall–Kier alpha value is -2.50. The lowest BCUT2D eigenvalue weighted by molar-refractivity contribution is 0.0962. The van der Waals surface area contributed by atoms with Crippen molar-refractivity contribution in [3.05, 3.63) is 70.8 Å². The molecule has 3 rings (SSSR count). The number of aldehydes is 1. The topological polar surface area (TPSA) is 52.7 Å². The lowest BCUT2D eigenvalue weighted by atomic mass is 10.1. The van der Waals surface area contributed by atoms with Crippen LogP contribution in [0.15, 0.2) is 48.5 Å². The molecule has 1 saturated heterocycles. The summed E-state index contributed by atoms with van der Waals surface area (Å²) in [6.07, 6.45) is 0.744. The van der Waals surface area contributed by atoms with Gasteiger partial charge in [0.2, 0.25) is 0 Å². The van der Waals surface area contributed by atoms with E-state index in [4.69, 9.17) is 0 Å². The second-order valence-corrected chi connectivity index (χ2v) is 6.88. The summed E-state index contributed by atoms with van der Waals surface area (Å²) in [6, 6.07) is 15.3. The smallest absolute Gasteiger partial charge is 0.251 e. The first-order valence-corrected chi connectivity index (χ1v) is 9.25. The van der Waals surface area contributed by atoms with Crippen LogP contribution in [-0.4, -0.2) is 62.3 Å². The number of nitrogens with one attached hydrogen (secondary N) is 1. The summed E-state index contributed by atoms with van der Waals surface area (Å²) < 4.78 is 0. The van der Waals surface area contributed by atoms with Crippen molar-refractivity contribution < 1.29 is 9.59 Å². The van der Waals surface area contributed by atoms with Crippen LogP contribution in [0.3, 0.4) is 0 Å². The minimum absolute atomic E-state index is 0.146. The molecule has 2 aromatic carbocycles. The van der Waals surface area contributed by atoms with Crippen LogP contribution in [0, 0.1) is 6.92 Å². The molecule has 0 aliphatic carbocycles. The molecule has 0 unspecified atom stereocenters. The zero-order valence-electron chi connectivity index (χ0n) is 16.4. The van der Waals surface area contributed by atoms with Crippen molar-refractivity contribution >= 4 is 12.2 Å². The third-order valence-electron chi connectivity index (χ3n) is 4.66. The summed E-state index contributed by atoms with van der Waals surface area (Å²) in [5.74, 6) is -0.146. The van der Waals surface area contributed by atoms with Crippen molar-refractivity contribution in [1.82, 2.24) is 15.1 Å². The molecule has 2 aromatic rings. The van der Waals surface area contributed by atoms with Crippen LogP contribution in [0.5, 0.6) is 0 Å². The van der Waals surface area contributed by atoms with Crippen molar-refractivity contribution in [3.8, 4) is 0 Å². The number of likely N-dealkylation sites (N-methyl/N-ethyl adjacent to an activating group) is 1. The number of piperazine rings is 1. The number of carbonyl (C=O) groups excluding carboxylic acids is 2. The number of carbonyl (C=O) groups is 2. The molecule has 5 nitrogen and oxygen atoms in total. The average Bonchev–Trinajstić information content (AvgIpc) is 2.71. The van der Waals surface area contributed by atoms with Crippen LogP contribution in [0.4, 0.5) is 0 Å². The highest BCUT2D eigenvalue weighted by Gasteiger charge is 2.13. The van der Waals surface area contributed by atoms with E-state index in [1.165, 1.54) is 37.3 Å². The SMILES string of the molecule is CNC(=O)c1ccc(C=O)cc1.Cc1ccc(CN2CCN(C)CC2)cc1. The van der Waals surface area contributed by atoms with Gasteiger partial charge in [-0.2, -0.15) is 0 Å². The fraction of sp³-hybridized carbons (Fsp3) is 0.364. The van der Waals surface area contributed by atoms with E-state index < -0.39 is 0 Å². The molecule has 0 saturated carbocycles. The first kappa shape index (κ1) is 20.8. The molecule has 0 atom stereocenters.